The number of thiophene rings is 1. The van der Waals surface area contributed by atoms with Gasteiger partial charge >= 0.3 is 0 Å². The lowest BCUT2D eigenvalue weighted by molar-refractivity contribution is 0.265. The maximum Gasteiger partial charge on any atom is 0.250 e. The van der Waals surface area contributed by atoms with Crippen LogP contribution in [0.2, 0.25) is 0 Å². The van der Waals surface area contributed by atoms with Gasteiger partial charge < -0.3 is 5.11 Å². The molecule has 2 N–H and O–H groups in total. The summed E-state index contributed by atoms with van der Waals surface area (Å²) in [6.07, 6.45) is 0. The first kappa shape index (κ1) is 10.6. The number of aliphatic hydroxyl groups excluding tert-OH is 1. The molecule has 0 aliphatic rings. The zero-order valence-corrected chi connectivity index (χ0v) is 8.73. The summed E-state index contributed by atoms with van der Waals surface area (Å²) in [6.45, 7) is 1.40. The SMILES string of the molecule is C[C@@H](CO)NS(=O)(=O)c1cccs1. The van der Waals surface area contributed by atoms with E-state index in [4.69, 9.17) is 5.11 Å². The van der Waals surface area contributed by atoms with Crippen LogP contribution in [0.5, 0.6) is 0 Å². The molecule has 13 heavy (non-hydrogen) atoms. The van der Waals surface area contributed by atoms with Gasteiger partial charge in [-0.25, -0.2) is 13.1 Å². The number of sulfonamides is 1. The highest BCUT2D eigenvalue weighted by molar-refractivity contribution is 7.91. The molecular formula is C7H11NO3S2. The van der Waals surface area contributed by atoms with Crippen LogP contribution in [-0.2, 0) is 10.0 Å². The lowest BCUT2D eigenvalue weighted by Crippen LogP contribution is -2.34. The van der Waals surface area contributed by atoms with Gasteiger partial charge in [-0.3, -0.25) is 0 Å². The zero-order valence-electron chi connectivity index (χ0n) is 7.10. The minimum atomic E-state index is -3.42. The third-order valence-electron chi connectivity index (χ3n) is 1.39. The first-order valence-electron chi connectivity index (χ1n) is 3.73. The van der Waals surface area contributed by atoms with E-state index in [0.717, 1.165) is 11.3 Å². The van der Waals surface area contributed by atoms with Crippen molar-refractivity contribution in [3.05, 3.63) is 17.5 Å². The van der Waals surface area contributed by atoms with E-state index >= 15 is 0 Å². The number of aliphatic hydroxyl groups is 1. The van der Waals surface area contributed by atoms with Crippen molar-refractivity contribution in [2.75, 3.05) is 6.61 Å². The van der Waals surface area contributed by atoms with E-state index < -0.39 is 16.1 Å². The molecule has 0 aliphatic carbocycles. The van der Waals surface area contributed by atoms with Crippen LogP contribution in [0, 0.1) is 0 Å². The normalized spacial score (nSPS) is 14.3. The first-order valence-corrected chi connectivity index (χ1v) is 6.09. The smallest absolute Gasteiger partial charge is 0.250 e. The maximum absolute atomic E-state index is 11.5. The summed E-state index contributed by atoms with van der Waals surface area (Å²) in [6, 6.07) is 2.74. The molecule has 0 unspecified atom stereocenters. The Balaban J connectivity index is 2.79. The van der Waals surface area contributed by atoms with Gasteiger partial charge in [0.2, 0.25) is 10.0 Å². The van der Waals surface area contributed by atoms with E-state index in [2.05, 4.69) is 4.72 Å². The third kappa shape index (κ3) is 2.77. The van der Waals surface area contributed by atoms with Gasteiger partial charge in [0.25, 0.3) is 0 Å². The highest BCUT2D eigenvalue weighted by Crippen LogP contribution is 2.15. The zero-order chi connectivity index (χ0) is 9.90. The van der Waals surface area contributed by atoms with Crippen molar-refractivity contribution in [3.8, 4) is 0 Å². The van der Waals surface area contributed by atoms with Crippen molar-refractivity contribution in [1.82, 2.24) is 4.72 Å². The number of rotatable bonds is 4. The van der Waals surface area contributed by atoms with Gasteiger partial charge in [0, 0.05) is 6.04 Å². The molecule has 0 saturated carbocycles. The van der Waals surface area contributed by atoms with E-state index in [9.17, 15) is 8.42 Å². The summed E-state index contributed by atoms with van der Waals surface area (Å²) < 4.78 is 25.5. The average molecular weight is 221 g/mol. The van der Waals surface area contributed by atoms with Crippen LogP contribution in [-0.4, -0.2) is 26.2 Å². The van der Waals surface area contributed by atoms with Gasteiger partial charge in [-0.05, 0) is 18.4 Å². The van der Waals surface area contributed by atoms with Gasteiger partial charge in [-0.2, -0.15) is 0 Å². The predicted octanol–water partition coefficient (Wildman–Crippen LogP) is 0.407. The fraction of sp³-hybridized carbons (Fsp3) is 0.429. The number of hydrogen-bond donors (Lipinski definition) is 2. The fourth-order valence-corrected chi connectivity index (χ4v) is 3.02. The minimum Gasteiger partial charge on any atom is -0.395 e. The molecule has 74 valence electrons. The molecule has 0 bridgehead atoms. The summed E-state index contributed by atoms with van der Waals surface area (Å²) in [5.41, 5.74) is 0. The number of nitrogens with one attached hydrogen (secondary N) is 1. The quantitative estimate of drug-likeness (QED) is 0.773. The van der Waals surface area contributed by atoms with Crippen LogP contribution < -0.4 is 4.72 Å². The molecule has 6 heteroatoms. The summed E-state index contributed by atoms with van der Waals surface area (Å²) in [4.78, 5) is 0. The molecule has 1 rings (SSSR count). The molecule has 0 aromatic carbocycles. The molecule has 1 heterocycles. The molecule has 0 aliphatic heterocycles. The van der Waals surface area contributed by atoms with Crippen LogP contribution >= 0.6 is 11.3 Å². The van der Waals surface area contributed by atoms with Gasteiger partial charge in [0.1, 0.15) is 4.21 Å². The monoisotopic (exact) mass is 221 g/mol. The molecule has 4 nitrogen and oxygen atoms in total. The Labute approximate surface area is 81.3 Å². The topological polar surface area (TPSA) is 66.4 Å². The van der Waals surface area contributed by atoms with Crippen molar-refractivity contribution in [3.63, 3.8) is 0 Å². The molecule has 0 fully saturated rings. The second-order valence-corrected chi connectivity index (χ2v) is 5.53. The van der Waals surface area contributed by atoms with Crippen molar-refractivity contribution >= 4 is 21.4 Å². The van der Waals surface area contributed by atoms with Gasteiger partial charge in [-0.15, -0.1) is 11.3 Å². The Bertz CT molecular complexity index is 344. The van der Waals surface area contributed by atoms with Crippen LogP contribution in [0.1, 0.15) is 6.92 Å². The Kier molecular flexibility index (Phi) is 3.43. The van der Waals surface area contributed by atoms with Crippen LogP contribution in [0.4, 0.5) is 0 Å². The summed E-state index contributed by atoms with van der Waals surface area (Å²) in [5.74, 6) is 0. The predicted molar refractivity (Wildman–Crippen MR) is 51.2 cm³/mol. The molecule has 1 atom stereocenters. The largest absolute Gasteiger partial charge is 0.395 e. The van der Waals surface area contributed by atoms with E-state index in [1.165, 1.54) is 6.07 Å². The van der Waals surface area contributed by atoms with E-state index in [0.29, 0.717) is 0 Å². The Morgan fingerprint density at radius 3 is 2.85 bits per heavy atom. The van der Waals surface area contributed by atoms with E-state index in [1.807, 2.05) is 0 Å². The molecule has 0 amide bonds. The maximum atomic E-state index is 11.5. The van der Waals surface area contributed by atoms with Crippen molar-refractivity contribution in [1.29, 1.82) is 0 Å². The fourth-order valence-electron chi connectivity index (χ4n) is 0.777. The highest BCUT2D eigenvalue weighted by Gasteiger charge is 2.17. The van der Waals surface area contributed by atoms with Crippen LogP contribution in [0.15, 0.2) is 21.7 Å². The lowest BCUT2D eigenvalue weighted by atomic mass is 10.4. The molecule has 0 saturated heterocycles. The van der Waals surface area contributed by atoms with E-state index in [-0.39, 0.29) is 10.8 Å². The first-order chi connectivity index (χ1) is 6.06. The van der Waals surface area contributed by atoms with Crippen molar-refractivity contribution < 1.29 is 13.5 Å². The Hall–Kier alpha value is -0.430. The van der Waals surface area contributed by atoms with Gasteiger partial charge in [-0.1, -0.05) is 6.07 Å². The number of hydrogen-bond acceptors (Lipinski definition) is 4. The highest BCUT2D eigenvalue weighted by atomic mass is 32.2. The second-order valence-electron chi connectivity index (χ2n) is 2.64. The van der Waals surface area contributed by atoms with Crippen LogP contribution in [0.3, 0.4) is 0 Å². The van der Waals surface area contributed by atoms with Gasteiger partial charge in [0.05, 0.1) is 6.61 Å². The second kappa shape index (κ2) is 4.19. The Morgan fingerprint density at radius 1 is 1.69 bits per heavy atom. The van der Waals surface area contributed by atoms with Crippen LogP contribution in [0.25, 0.3) is 0 Å². The molecule has 1 aromatic heterocycles. The lowest BCUT2D eigenvalue weighted by Gasteiger charge is -2.09. The summed E-state index contributed by atoms with van der Waals surface area (Å²) >= 11 is 1.15. The molecular weight excluding hydrogens is 210 g/mol. The van der Waals surface area contributed by atoms with Crippen molar-refractivity contribution in [2.45, 2.75) is 17.2 Å². The average Bonchev–Trinajstić information content (AvgIpc) is 2.55. The molecule has 0 radical (unpaired) electrons. The van der Waals surface area contributed by atoms with Gasteiger partial charge in [0.15, 0.2) is 0 Å². The third-order valence-corrected chi connectivity index (χ3v) is 4.38. The summed E-state index contributed by atoms with van der Waals surface area (Å²) in [5, 5.41) is 10.4. The van der Waals surface area contributed by atoms with Crippen molar-refractivity contribution in [2.24, 2.45) is 0 Å². The standard InChI is InChI=1S/C7H11NO3S2/c1-6(5-9)8-13(10,11)7-3-2-4-12-7/h2-4,6,8-9H,5H2,1H3/t6-/m0/s1. The Morgan fingerprint density at radius 2 is 2.38 bits per heavy atom. The summed E-state index contributed by atoms with van der Waals surface area (Å²) in [7, 11) is -3.42. The molecule has 0 spiro atoms. The van der Waals surface area contributed by atoms with E-state index in [1.54, 1.807) is 18.4 Å². The molecule has 1 aromatic rings. The minimum absolute atomic E-state index is 0.204.